The molecule has 1 amide bonds. The van der Waals surface area contributed by atoms with Gasteiger partial charge in [-0.05, 0) is 24.5 Å². The number of carbonyl (C=O) groups excluding carboxylic acids is 2. The van der Waals surface area contributed by atoms with E-state index in [-0.39, 0.29) is 22.9 Å². The van der Waals surface area contributed by atoms with E-state index in [9.17, 15) is 19.7 Å². The maximum atomic E-state index is 12.4. The number of nitrogens with one attached hydrogen (secondary N) is 1. The number of non-ortho nitro benzene ring substituents is 1. The molecule has 0 saturated carbocycles. The van der Waals surface area contributed by atoms with Crippen LogP contribution < -0.4 is 10.1 Å². The first-order chi connectivity index (χ1) is 13.3. The van der Waals surface area contributed by atoms with E-state index in [4.69, 9.17) is 9.47 Å². The minimum atomic E-state index is -1.07. The molecule has 28 heavy (non-hydrogen) atoms. The average molecular weight is 386 g/mol. The van der Waals surface area contributed by atoms with Crippen LogP contribution >= 0.6 is 0 Å². The van der Waals surface area contributed by atoms with Crippen molar-refractivity contribution in [2.24, 2.45) is 0 Å². The molecule has 0 aliphatic rings. The van der Waals surface area contributed by atoms with Gasteiger partial charge >= 0.3 is 5.97 Å². The van der Waals surface area contributed by atoms with Crippen LogP contribution in [0.25, 0.3) is 0 Å². The van der Waals surface area contributed by atoms with Gasteiger partial charge in [0.15, 0.2) is 6.10 Å². The first-order valence-corrected chi connectivity index (χ1v) is 8.69. The van der Waals surface area contributed by atoms with Crippen molar-refractivity contribution in [1.82, 2.24) is 5.32 Å². The number of nitro groups is 1. The molecule has 2 atom stereocenters. The highest BCUT2D eigenvalue weighted by Gasteiger charge is 2.23. The van der Waals surface area contributed by atoms with Gasteiger partial charge < -0.3 is 14.8 Å². The number of methoxy groups -OCH3 is 1. The molecule has 148 valence electrons. The average Bonchev–Trinajstić information content (AvgIpc) is 2.71. The van der Waals surface area contributed by atoms with E-state index < -0.39 is 22.9 Å². The van der Waals surface area contributed by atoms with Crippen LogP contribution in [0.5, 0.6) is 5.75 Å². The number of rotatable bonds is 8. The normalized spacial score (nSPS) is 12.5. The molecule has 2 aromatic rings. The summed E-state index contributed by atoms with van der Waals surface area (Å²) in [6.07, 6.45) is -1.07. The maximum Gasteiger partial charge on any atom is 0.342 e. The van der Waals surface area contributed by atoms with Crippen LogP contribution in [0.4, 0.5) is 5.69 Å². The van der Waals surface area contributed by atoms with Crippen molar-refractivity contribution in [2.75, 3.05) is 13.7 Å². The molecular formula is C20H22N2O6. The van der Waals surface area contributed by atoms with Crippen LogP contribution in [0.1, 0.15) is 35.7 Å². The van der Waals surface area contributed by atoms with Crippen molar-refractivity contribution < 1.29 is 24.0 Å². The van der Waals surface area contributed by atoms with E-state index in [0.29, 0.717) is 6.54 Å². The maximum absolute atomic E-state index is 12.4. The molecule has 0 fully saturated rings. The zero-order valence-electron chi connectivity index (χ0n) is 15.9. The van der Waals surface area contributed by atoms with Gasteiger partial charge in [-0.3, -0.25) is 14.9 Å². The Morgan fingerprint density at radius 1 is 1.14 bits per heavy atom. The Bertz CT molecular complexity index is 853. The second-order valence-corrected chi connectivity index (χ2v) is 6.25. The first kappa shape index (κ1) is 20.9. The molecule has 0 heterocycles. The summed E-state index contributed by atoms with van der Waals surface area (Å²) >= 11 is 0. The Hall–Kier alpha value is -3.42. The lowest BCUT2D eigenvalue weighted by Crippen LogP contribution is -2.37. The number of hydrogen-bond acceptors (Lipinski definition) is 6. The summed E-state index contributed by atoms with van der Waals surface area (Å²) < 4.78 is 10.2. The first-order valence-electron chi connectivity index (χ1n) is 8.69. The number of hydrogen-bond donors (Lipinski definition) is 1. The monoisotopic (exact) mass is 386 g/mol. The Kier molecular flexibility index (Phi) is 7.08. The number of nitrogens with zero attached hydrogens (tertiary/aromatic N) is 1. The van der Waals surface area contributed by atoms with Crippen LogP contribution in [0.15, 0.2) is 48.5 Å². The fraction of sp³-hybridized carbons (Fsp3) is 0.300. The summed E-state index contributed by atoms with van der Waals surface area (Å²) in [4.78, 5) is 34.9. The molecule has 8 nitrogen and oxygen atoms in total. The fourth-order valence-electron chi connectivity index (χ4n) is 2.54. The molecule has 2 aromatic carbocycles. The molecule has 0 aromatic heterocycles. The van der Waals surface area contributed by atoms with Crippen molar-refractivity contribution in [3.8, 4) is 5.75 Å². The lowest BCUT2D eigenvalue weighted by Gasteiger charge is -2.17. The van der Waals surface area contributed by atoms with Gasteiger partial charge in [-0.15, -0.1) is 0 Å². The fourth-order valence-corrected chi connectivity index (χ4v) is 2.54. The topological polar surface area (TPSA) is 108 Å². The summed E-state index contributed by atoms with van der Waals surface area (Å²) in [6.45, 7) is 3.79. The second kappa shape index (κ2) is 9.50. The quantitative estimate of drug-likeness (QED) is 0.424. The largest absolute Gasteiger partial charge is 0.496 e. The van der Waals surface area contributed by atoms with Gasteiger partial charge in [0.2, 0.25) is 0 Å². The lowest BCUT2D eigenvalue weighted by atomic mass is 10.0. The van der Waals surface area contributed by atoms with Crippen molar-refractivity contribution in [3.63, 3.8) is 0 Å². The van der Waals surface area contributed by atoms with E-state index in [1.807, 2.05) is 37.3 Å². The van der Waals surface area contributed by atoms with Crippen LogP contribution in [0.3, 0.4) is 0 Å². The van der Waals surface area contributed by atoms with Crippen LogP contribution in [-0.4, -0.2) is 36.6 Å². The van der Waals surface area contributed by atoms with Gasteiger partial charge in [-0.1, -0.05) is 37.3 Å². The smallest absolute Gasteiger partial charge is 0.342 e. The zero-order valence-corrected chi connectivity index (χ0v) is 15.9. The second-order valence-electron chi connectivity index (χ2n) is 6.25. The van der Waals surface area contributed by atoms with Crippen molar-refractivity contribution >= 4 is 17.6 Å². The van der Waals surface area contributed by atoms with E-state index in [2.05, 4.69) is 5.32 Å². The Morgan fingerprint density at radius 3 is 2.43 bits per heavy atom. The number of esters is 1. The van der Waals surface area contributed by atoms with E-state index in [1.165, 1.54) is 26.2 Å². The van der Waals surface area contributed by atoms with E-state index in [1.54, 1.807) is 0 Å². The van der Waals surface area contributed by atoms with Gasteiger partial charge in [0.25, 0.3) is 11.6 Å². The Balaban J connectivity index is 1.99. The SMILES string of the molecule is COc1ccc([N+](=O)[O-])cc1C(=O)O[C@H](C)C(=O)NC[C@@H](C)c1ccccc1. The minimum absolute atomic E-state index is 0.0879. The van der Waals surface area contributed by atoms with Crippen LogP contribution in [0, 0.1) is 10.1 Å². The Morgan fingerprint density at radius 2 is 1.82 bits per heavy atom. The van der Waals surface area contributed by atoms with Crippen molar-refractivity contribution in [1.29, 1.82) is 0 Å². The third-order valence-electron chi connectivity index (χ3n) is 4.22. The number of amides is 1. The molecule has 0 unspecified atom stereocenters. The molecule has 0 bridgehead atoms. The molecule has 8 heteroatoms. The van der Waals surface area contributed by atoms with Gasteiger partial charge in [0.05, 0.1) is 12.0 Å². The summed E-state index contributed by atoms with van der Waals surface area (Å²) in [6, 6.07) is 13.3. The predicted molar refractivity (Wildman–Crippen MR) is 102 cm³/mol. The summed E-state index contributed by atoms with van der Waals surface area (Å²) in [7, 11) is 1.33. The number of ether oxygens (including phenoxy) is 2. The molecule has 0 aliphatic heterocycles. The number of nitro benzene ring substituents is 1. The minimum Gasteiger partial charge on any atom is -0.496 e. The molecule has 0 radical (unpaired) electrons. The molecule has 2 rings (SSSR count). The molecule has 1 N–H and O–H groups in total. The van der Waals surface area contributed by atoms with E-state index >= 15 is 0 Å². The number of carbonyl (C=O) groups is 2. The summed E-state index contributed by atoms with van der Waals surface area (Å²) in [5.74, 6) is -1.12. The van der Waals surface area contributed by atoms with Gasteiger partial charge in [0, 0.05) is 18.7 Å². The molecule has 0 saturated heterocycles. The number of benzene rings is 2. The van der Waals surface area contributed by atoms with Crippen molar-refractivity contribution in [3.05, 3.63) is 69.8 Å². The molecular weight excluding hydrogens is 364 g/mol. The molecule has 0 spiro atoms. The standard InChI is InChI=1S/C20H22N2O6/c1-13(15-7-5-4-6-8-15)12-21-19(23)14(2)28-20(24)17-11-16(22(25)26)9-10-18(17)27-3/h4-11,13-14H,12H2,1-3H3,(H,21,23)/t13-,14-/m1/s1. The summed E-state index contributed by atoms with van der Waals surface area (Å²) in [5, 5.41) is 13.7. The molecule has 0 aliphatic carbocycles. The van der Waals surface area contributed by atoms with Gasteiger partial charge in [0.1, 0.15) is 11.3 Å². The third-order valence-corrected chi connectivity index (χ3v) is 4.22. The van der Waals surface area contributed by atoms with Gasteiger partial charge in [-0.25, -0.2) is 4.79 Å². The predicted octanol–water partition coefficient (Wildman–Crippen LogP) is 3.07. The van der Waals surface area contributed by atoms with E-state index in [0.717, 1.165) is 11.6 Å². The zero-order chi connectivity index (χ0) is 20.7. The highest BCUT2D eigenvalue weighted by atomic mass is 16.6. The van der Waals surface area contributed by atoms with Crippen LogP contribution in [-0.2, 0) is 9.53 Å². The lowest BCUT2D eigenvalue weighted by molar-refractivity contribution is -0.384. The van der Waals surface area contributed by atoms with Gasteiger partial charge in [-0.2, -0.15) is 0 Å². The van der Waals surface area contributed by atoms with Crippen LogP contribution in [0.2, 0.25) is 0 Å². The Labute approximate surface area is 162 Å². The third kappa shape index (κ3) is 5.29. The summed E-state index contributed by atoms with van der Waals surface area (Å²) in [5.41, 5.74) is 0.685. The highest BCUT2D eigenvalue weighted by molar-refractivity contribution is 5.95. The highest BCUT2D eigenvalue weighted by Crippen LogP contribution is 2.25. The van der Waals surface area contributed by atoms with Crippen molar-refractivity contribution in [2.45, 2.75) is 25.9 Å².